The van der Waals surface area contributed by atoms with Gasteiger partial charge in [0.25, 0.3) is 6.47 Å². The molecule has 0 aliphatic heterocycles. The third kappa shape index (κ3) is 4.97. The van der Waals surface area contributed by atoms with Gasteiger partial charge in [-0.25, -0.2) is 0 Å². The van der Waals surface area contributed by atoms with Gasteiger partial charge in [-0.15, -0.1) is 0 Å². The molecule has 0 heterocycles. The van der Waals surface area contributed by atoms with Crippen LogP contribution in [0.15, 0.2) is 42.5 Å². The van der Waals surface area contributed by atoms with E-state index in [1.807, 2.05) is 36.4 Å². The van der Waals surface area contributed by atoms with E-state index in [9.17, 15) is 9.59 Å². The number of Topliss-reactive ketones (excluding diaryl/α,β-unsaturated/α-hetero) is 1. The van der Waals surface area contributed by atoms with E-state index in [2.05, 4.69) is 10.8 Å². The van der Waals surface area contributed by atoms with E-state index >= 15 is 0 Å². The molecule has 20 heavy (non-hydrogen) atoms. The minimum Gasteiger partial charge on any atom is -0.468 e. The fourth-order valence-corrected chi connectivity index (χ4v) is 2.05. The van der Waals surface area contributed by atoms with Gasteiger partial charge in [0, 0.05) is 17.5 Å². The second-order valence-corrected chi connectivity index (χ2v) is 4.47. The van der Waals surface area contributed by atoms with Crippen molar-refractivity contribution in [3.8, 4) is 0 Å². The first-order chi connectivity index (χ1) is 9.70. The number of hydrogen-bond donors (Lipinski definition) is 1. The molecule has 1 aliphatic rings. The van der Waals surface area contributed by atoms with Gasteiger partial charge in [0.1, 0.15) is 0 Å². The topological polar surface area (TPSA) is 69.4 Å². The van der Waals surface area contributed by atoms with Crippen molar-refractivity contribution in [1.82, 2.24) is 0 Å². The average Bonchev–Trinajstić information content (AvgIpc) is 2.49. The summed E-state index contributed by atoms with van der Waals surface area (Å²) in [4.78, 5) is 21.3. The minimum absolute atomic E-state index is 0.0441. The third-order valence-corrected chi connectivity index (χ3v) is 3.10. The summed E-state index contributed by atoms with van der Waals surface area (Å²) in [5.41, 5.74) is 6.68. The number of ketones is 1. The van der Waals surface area contributed by atoms with Crippen LogP contribution >= 0.6 is 0 Å². The van der Waals surface area contributed by atoms with E-state index in [0.717, 1.165) is 18.4 Å². The average molecular weight is 275 g/mol. The molecule has 0 fully saturated rings. The highest BCUT2D eigenvalue weighted by atomic mass is 16.5. The Balaban J connectivity index is 0.000000347. The lowest BCUT2D eigenvalue weighted by atomic mass is 9.84. The molecular weight excluding hydrogens is 254 g/mol. The number of rotatable bonds is 4. The standard InChI is InChI=1S/C13H15NO.C3H6O2/c14-12-9-5-4-8-11(12)13(15)10-6-2-1-3-7-10;1-2-5-3-4/h1-3,5-7,9,11-12H,4,8,14H2;3H,2H2,1H3. The number of carbonyl (C=O) groups excluding carboxylic acids is 2. The molecule has 0 aromatic heterocycles. The molecule has 0 saturated heterocycles. The van der Waals surface area contributed by atoms with Crippen LogP contribution in [0, 0.1) is 5.92 Å². The summed E-state index contributed by atoms with van der Waals surface area (Å²) in [7, 11) is 0. The van der Waals surface area contributed by atoms with E-state index in [0.29, 0.717) is 13.1 Å². The van der Waals surface area contributed by atoms with E-state index in [4.69, 9.17) is 5.73 Å². The molecule has 0 spiro atoms. The molecule has 0 bridgehead atoms. The number of ether oxygens (including phenoxy) is 1. The minimum atomic E-state index is -0.119. The van der Waals surface area contributed by atoms with Crippen LogP contribution in [-0.2, 0) is 9.53 Å². The molecule has 1 aromatic carbocycles. The maximum Gasteiger partial charge on any atom is 0.293 e. The molecule has 0 radical (unpaired) electrons. The van der Waals surface area contributed by atoms with Crippen LogP contribution in [0.4, 0.5) is 0 Å². The van der Waals surface area contributed by atoms with Gasteiger partial charge in [-0.3, -0.25) is 9.59 Å². The zero-order chi connectivity index (χ0) is 14.8. The van der Waals surface area contributed by atoms with Gasteiger partial charge in [-0.1, -0.05) is 42.5 Å². The first kappa shape index (κ1) is 16.1. The Kier molecular flexibility index (Phi) is 7.29. The Morgan fingerprint density at radius 3 is 2.60 bits per heavy atom. The lowest BCUT2D eigenvalue weighted by Gasteiger charge is -2.23. The van der Waals surface area contributed by atoms with Crippen LogP contribution in [0.25, 0.3) is 0 Å². The van der Waals surface area contributed by atoms with Gasteiger partial charge in [-0.05, 0) is 19.8 Å². The molecule has 0 amide bonds. The van der Waals surface area contributed by atoms with Crippen molar-refractivity contribution in [2.45, 2.75) is 25.8 Å². The van der Waals surface area contributed by atoms with Crippen molar-refractivity contribution >= 4 is 12.3 Å². The molecule has 1 aliphatic carbocycles. The summed E-state index contributed by atoms with van der Waals surface area (Å²) in [6.45, 7) is 2.66. The zero-order valence-corrected chi connectivity index (χ0v) is 11.7. The van der Waals surface area contributed by atoms with E-state index < -0.39 is 0 Å². The summed E-state index contributed by atoms with van der Waals surface area (Å²) in [5, 5.41) is 0. The SMILES string of the molecule is CCOC=O.NC1C=CCCC1C(=O)c1ccccc1. The molecule has 1 aromatic rings. The van der Waals surface area contributed by atoms with Gasteiger partial charge in [0.05, 0.1) is 6.61 Å². The van der Waals surface area contributed by atoms with Crippen LogP contribution in [0.3, 0.4) is 0 Å². The lowest BCUT2D eigenvalue weighted by molar-refractivity contribution is -0.128. The van der Waals surface area contributed by atoms with Gasteiger partial charge < -0.3 is 10.5 Å². The maximum atomic E-state index is 12.1. The number of hydrogen-bond acceptors (Lipinski definition) is 4. The second-order valence-electron chi connectivity index (χ2n) is 4.47. The van der Waals surface area contributed by atoms with Crippen molar-refractivity contribution in [1.29, 1.82) is 0 Å². The normalized spacial score (nSPS) is 20.5. The number of nitrogens with two attached hydrogens (primary N) is 1. The van der Waals surface area contributed by atoms with E-state index in [-0.39, 0.29) is 17.7 Å². The van der Waals surface area contributed by atoms with Crippen molar-refractivity contribution in [3.63, 3.8) is 0 Å². The van der Waals surface area contributed by atoms with Crippen LogP contribution in [-0.4, -0.2) is 24.9 Å². The summed E-state index contributed by atoms with van der Waals surface area (Å²) < 4.78 is 4.15. The number of benzene rings is 1. The largest absolute Gasteiger partial charge is 0.468 e. The summed E-state index contributed by atoms with van der Waals surface area (Å²) >= 11 is 0. The Hall–Kier alpha value is -1.94. The summed E-state index contributed by atoms with van der Waals surface area (Å²) in [6, 6.07) is 9.28. The highest BCUT2D eigenvalue weighted by molar-refractivity contribution is 5.98. The maximum absolute atomic E-state index is 12.1. The van der Waals surface area contributed by atoms with Crippen LogP contribution in [0.2, 0.25) is 0 Å². The van der Waals surface area contributed by atoms with Crippen molar-refractivity contribution in [2.24, 2.45) is 11.7 Å². The fraction of sp³-hybridized carbons (Fsp3) is 0.375. The zero-order valence-electron chi connectivity index (χ0n) is 11.7. The molecule has 0 saturated carbocycles. The monoisotopic (exact) mass is 275 g/mol. The van der Waals surface area contributed by atoms with Gasteiger partial charge in [0.2, 0.25) is 0 Å². The first-order valence-electron chi connectivity index (χ1n) is 6.77. The van der Waals surface area contributed by atoms with Crippen molar-refractivity contribution in [3.05, 3.63) is 48.0 Å². The highest BCUT2D eigenvalue weighted by Gasteiger charge is 2.26. The molecule has 4 heteroatoms. The highest BCUT2D eigenvalue weighted by Crippen LogP contribution is 2.21. The number of carbonyl (C=O) groups is 2. The van der Waals surface area contributed by atoms with Crippen molar-refractivity contribution < 1.29 is 14.3 Å². The Morgan fingerprint density at radius 1 is 1.40 bits per heavy atom. The predicted octanol–water partition coefficient (Wildman–Crippen LogP) is 2.34. The molecule has 2 rings (SSSR count). The predicted molar refractivity (Wildman–Crippen MR) is 78.3 cm³/mol. The van der Waals surface area contributed by atoms with Gasteiger partial charge in [-0.2, -0.15) is 0 Å². The van der Waals surface area contributed by atoms with Crippen LogP contribution in [0.1, 0.15) is 30.1 Å². The Bertz CT molecular complexity index is 442. The molecule has 2 N–H and O–H groups in total. The number of allylic oxidation sites excluding steroid dienone is 1. The molecular formula is C16H21NO3. The molecule has 4 nitrogen and oxygen atoms in total. The molecule has 108 valence electrons. The Labute approximate surface area is 119 Å². The smallest absolute Gasteiger partial charge is 0.293 e. The van der Waals surface area contributed by atoms with Crippen LogP contribution in [0.5, 0.6) is 0 Å². The lowest BCUT2D eigenvalue weighted by Crippen LogP contribution is -2.35. The van der Waals surface area contributed by atoms with E-state index in [1.165, 1.54) is 0 Å². The summed E-state index contributed by atoms with van der Waals surface area (Å²) in [5.74, 6) is 0.129. The van der Waals surface area contributed by atoms with Gasteiger partial charge in [0.15, 0.2) is 5.78 Å². The molecule has 2 unspecified atom stereocenters. The quantitative estimate of drug-likeness (QED) is 0.520. The van der Waals surface area contributed by atoms with Crippen LogP contribution < -0.4 is 5.73 Å². The second kappa shape index (κ2) is 9.04. The fourth-order valence-electron chi connectivity index (χ4n) is 2.05. The Morgan fingerprint density at radius 2 is 2.10 bits per heavy atom. The third-order valence-electron chi connectivity index (χ3n) is 3.10. The van der Waals surface area contributed by atoms with Crippen molar-refractivity contribution in [2.75, 3.05) is 6.61 Å². The molecule has 2 atom stereocenters. The van der Waals surface area contributed by atoms with E-state index in [1.54, 1.807) is 6.92 Å². The van der Waals surface area contributed by atoms with Gasteiger partial charge >= 0.3 is 0 Å². The summed E-state index contributed by atoms with van der Waals surface area (Å²) in [6.07, 6.45) is 5.82. The first-order valence-corrected chi connectivity index (χ1v) is 6.77.